The number of pyridine rings is 1. The van der Waals surface area contributed by atoms with E-state index in [9.17, 15) is 10.1 Å². The van der Waals surface area contributed by atoms with Crippen LogP contribution < -0.4 is 14.4 Å². The fraction of sp³-hybridized carbons (Fsp3) is 0.292. The second kappa shape index (κ2) is 8.97. The predicted octanol–water partition coefficient (Wildman–Crippen LogP) is 3.32. The van der Waals surface area contributed by atoms with Crippen molar-refractivity contribution in [2.45, 2.75) is 5.03 Å². The summed E-state index contributed by atoms with van der Waals surface area (Å²) in [6.07, 6.45) is 0. The van der Waals surface area contributed by atoms with Gasteiger partial charge < -0.3 is 19.3 Å². The van der Waals surface area contributed by atoms with Crippen molar-refractivity contribution in [3.8, 4) is 17.6 Å². The van der Waals surface area contributed by atoms with Gasteiger partial charge in [0.2, 0.25) is 5.91 Å². The maximum Gasteiger partial charge on any atom is 0.233 e. The molecule has 0 N–H and O–H groups in total. The molecule has 1 aromatic heterocycles. The van der Waals surface area contributed by atoms with Gasteiger partial charge in [-0.15, -0.1) is 0 Å². The van der Waals surface area contributed by atoms with Crippen LogP contribution in [-0.2, 0) is 4.79 Å². The first-order valence-electron chi connectivity index (χ1n) is 10.6. The third kappa shape index (κ3) is 4.16. The van der Waals surface area contributed by atoms with Gasteiger partial charge in [0.1, 0.15) is 24.3 Å². The van der Waals surface area contributed by atoms with E-state index in [1.54, 1.807) is 6.07 Å². The van der Waals surface area contributed by atoms with Crippen LogP contribution in [0.1, 0.15) is 5.56 Å². The Kier molecular flexibility index (Phi) is 5.73. The average Bonchev–Trinajstić information content (AvgIpc) is 2.86. The molecule has 0 radical (unpaired) electrons. The number of anilines is 1. The van der Waals surface area contributed by atoms with Crippen LogP contribution in [0, 0.1) is 11.3 Å². The maximum absolute atomic E-state index is 12.8. The number of para-hydroxylation sites is 1. The molecule has 0 aliphatic carbocycles. The van der Waals surface area contributed by atoms with Gasteiger partial charge in [0.25, 0.3) is 0 Å². The zero-order valence-electron chi connectivity index (χ0n) is 17.5. The van der Waals surface area contributed by atoms with Crippen molar-refractivity contribution in [2.24, 2.45) is 0 Å². The third-order valence-electron chi connectivity index (χ3n) is 5.65. The molecule has 2 aromatic carbocycles. The number of carbonyl (C=O) groups is 1. The molecule has 2 aliphatic heterocycles. The molecule has 1 fully saturated rings. The number of hydrogen-bond donors (Lipinski definition) is 0. The minimum absolute atomic E-state index is 0.0654. The summed E-state index contributed by atoms with van der Waals surface area (Å²) in [5.74, 6) is 1.64. The number of benzene rings is 2. The molecule has 2 aliphatic rings. The predicted molar refractivity (Wildman–Crippen MR) is 123 cm³/mol. The Morgan fingerprint density at radius 2 is 1.75 bits per heavy atom. The Balaban J connectivity index is 1.25. The number of rotatable bonds is 4. The number of aromatic nitrogens is 1. The summed E-state index contributed by atoms with van der Waals surface area (Å²) in [5.41, 5.74) is 2.37. The highest BCUT2D eigenvalue weighted by molar-refractivity contribution is 8.00. The molecule has 1 amide bonds. The second-order valence-corrected chi connectivity index (χ2v) is 8.60. The Bertz CT molecular complexity index is 1190. The van der Waals surface area contributed by atoms with Crippen LogP contribution in [0.2, 0.25) is 0 Å². The molecule has 3 heterocycles. The van der Waals surface area contributed by atoms with Crippen LogP contribution in [0.4, 0.5) is 5.69 Å². The van der Waals surface area contributed by atoms with Crippen molar-refractivity contribution in [2.75, 3.05) is 50.0 Å². The minimum Gasteiger partial charge on any atom is -0.486 e. The molecule has 0 spiro atoms. The van der Waals surface area contributed by atoms with Gasteiger partial charge >= 0.3 is 0 Å². The summed E-state index contributed by atoms with van der Waals surface area (Å²) in [6.45, 7) is 4.01. The van der Waals surface area contributed by atoms with Crippen LogP contribution >= 0.6 is 11.8 Å². The summed E-state index contributed by atoms with van der Waals surface area (Å²) in [6, 6.07) is 17.9. The van der Waals surface area contributed by atoms with Crippen LogP contribution in [-0.4, -0.2) is 60.9 Å². The largest absolute Gasteiger partial charge is 0.486 e. The lowest BCUT2D eigenvalue weighted by Gasteiger charge is -2.36. The first-order valence-corrected chi connectivity index (χ1v) is 11.5. The number of ether oxygens (including phenoxy) is 2. The van der Waals surface area contributed by atoms with Crippen LogP contribution in [0.5, 0.6) is 11.5 Å². The molecule has 1 saturated heterocycles. The third-order valence-corrected chi connectivity index (χ3v) is 6.63. The molecule has 3 aromatic rings. The lowest BCUT2D eigenvalue weighted by Crippen LogP contribution is -2.49. The Morgan fingerprint density at radius 3 is 2.47 bits per heavy atom. The zero-order valence-corrected chi connectivity index (χ0v) is 18.3. The highest BCUT2D eigenvalue weighted by Crippen LogP contribution is 2.35. The van der Waals surface area contributed by atoms with Crippen molar-refractivity contribution < 1.29 is 14.3 Å². The van der Waals surface area contributed by atoms with Gasteiger partial charge in [0.05, 0.1) is 16.8 Å². The summed E-state index contributed by atoms with van der Waals surface area (Å²) in [4.78, 5) is 21.6. The van der Waals surface area contributed by atoms with Crippen molar-refractivity contribution in [3.05, 3.63) is 54.1 Å². The highest BCUT2D eigenvalue weighted by atomic mass is 32.2. The number of carbonyl (C=O) groups excluding carboxylic acids is 1. The number of fused-ring (bicyclic) bond motifs is 2. The second-order valence-electron chi connectivity index (χ2n) is 7.63. The Morgan fingerprint density at radius 1 is 1.03 bits per heavy atom. The maximum atomic E-state index is 12.8. The number of amides is 1. The Labute approximate surface area is 190 Å². The smallest absolute Gasteiger partial charge is 0.233 e. The fourth-order valence-corrected chi connectivity index (χ4v) is 4.82. The number of piperazine rings is 1. The van der Waals surface area contributed by atoms with E-state index in [4.69, 9.17) is 9.47 Å². The lowest BCUT2D eigenvalue weighted by molar-refractivity contribution is -0.128. The molecule has 32 heavy (non-hydrogen) atoms. The van der Waals surface area contributed by atoms with E-state index in [2.05, 4.69) is 28.1 Å². The van der Waals surface area contributed by atoms with E-state index in [1.165, 1.54) is 17.4 Å². The summed E-state index contributed by atoms with van der Waals surface area (Å²) >= 11 is 1.31. The van der Waals surface area contributed by atoms with Crippen molar-refractivity contribution in [1.82, 2.24) is 9.88 Å². The van der Waals surface area contributed by atoms with E-state index in [0.29, 0.717) is 48.4 Å². The minimum atomic E-state index is 0.0654. The van der Waals surface area contributed by atoms with Crippen LogP contribution in [0.3, 0.4) is 0 Å². The Hall–Kier alpha value is -3.44. The average molecular weight is 447 g/mol. The molecule has 0 saturated carbocycles. The molecule has 0 bridgehead atoms. The van der Waals surface area contributed by atoms with Crippen molar-refractivity contribution in [1.29, 1.82) is 5.26 Å². The van der Waals surface area contributed by atoms with Gasteiger partial charge in [-0.2, -0.15) is 5.26 Å². The zero-order chi connectivity index (χ0) is 21.9. The van der Waals surface area contributed by atoms with E-state index in [1.807, 2.05) is 35.2 Å². The standard InChI is InChI=1S/C24H22N4O3S/c25-15-18-12-17-13-21-22(31-11-10-30-21)14-20(17)26-24(18)32-16-23(29)28-8-6-27(7-9-28)19-4-2-1-3-5-19/h1-5,12-14H,6-11,16H2. The topological polar surface area (TPSA) is 78.7 Å². The molecule has 5 rings (SSSR count). The normalized spacial score (nSPS) is 15.5. The quantitative estimate of drug-likeness (QED) is 0.569. The summed E-state index contributed by atoms with van der Waals surface area (Å²) < 4.78 is 11.3. The van der Waals surface area contributed by atoms with E-state index in [0.717, 1.165) is 24.0 Å². The number of nitrogens with zero attached hydrogens (tertiary/aromatic N) is 4. The number of thioether (sulfide) groups is 1. The molecular formula is C24H22N4O3S. The van der Waals surface area contributed by atoms with Gasteiger partial charge in [-0.25, -0.2) is 4.98 Å². The SMILES string of the molecule is N#Cc1cc2cc3c(cc2nc1SCC(=O)N1CCN(c2ccccc2)CC1)OCCO3. The number of hydrogen-bond acceptors (Lipinski definition) is 7. The molecule has 162 valence electrons. The van der Waals surface area contributed by atoms with Crippen molar-refractivity contribution >= 4 is 34.3 Å². The van der Waals surface area contributed by atoms with E-state index < -0.39 is 0 Å². The van der Waals surface area contributed by atoms with Crippen LogP contribution in [0.15, 0.2) is 53.6 Å². The van der Waals surface area contributed by atoms with Gasteiger partial charge in [-0.05, 0) is 24.3 Å². The highest BCUT2D eigenvalue weighted by Gasteiger charge is 2.22. The van der Waals surface area contributed by atoms with Gasteiger partial charge in [-0.3, -0.25) is 4.79 Å². The first-order chi connectivity index (χ1) is 15.7. The summed E-state index contributed by atoms with van der Waals surface area (Å²) in [5, 5.41) is 11.0. The molecular weight excluding hydrogens is 424 g/mol. The fourth-order valence-electron chi connectivity index (χ4n) is 3.96. The van der Waals surface area contributed by atoms with Gasteiger partial charge in [0.15, 0.2) is 11.5 Å². The number of nitriles is 1. The van der Waals surface area contributed by atoms with E-state index >= 15 is 0 Å². The van der Waals surface area contributed by atoms with Gasteiger partial charge in [-0.1, -0.05) is 30.0 Å². The molecule has 0 atom stereocenters. The van der Waals surface area contributed by atoms with E-state index in [-0.39, 0.29) is 11.7 Å². The first kappa shape index (κ1) is 20.5. The molecule has 8 heteroatoms. The monoisotopic (exact) mass is 446 g/mol. The molecule has 7 nitrogen and oxygen atoms in total. The van der Waals surface area contributed by atoms with Gasteiger partial charge in [0, 0.05) is 43.3 Å². The van der Waals surface area contributed by atoms with Crippen LogP contribution in [0.25, 0.3) is 10.9 Å². The van der Waals surface area contributed by atoms with Crippen molar-refractivity contribution in [3.63, 3.8) is 0 Å². The molecule has 0 unspecified atom stereocenters. The lowest BCUT2D eigenvalue weighted by atomic mass is 10.1. The summed E-state index contributed by atoms with van der Waals surface area (Å²) in [7, 11) is 0.